The van der Waals surface area contributed by atoms with E-state index in [2.05, 4.69) is 33.2 Å². The standard InChI is InChI=1S/C16H17N3S2/c1-11-18-15(10-20-11)13(17-2)8-16-19-14(9-21-16)12-6-4-3-5-7-12/h3-7,9-10,13,17H,8H2,1-2H3. The molecule has 0 radical (unpaired) electrons. The van der Waals surface area contributed by atoms with Gasteiger partial charge in [-0.25, -0.2) is 9.97 Å². The third-order valence-corrected chi connectivity index (χ3v) is 5.01. The fourth-order valence-corrected chi connectivity index (χ4v) is 3.73. The van der Waals surface area contributed by atoms with Crippen LogP contribution in [0.15, 0.2) is 41.1 Å². The third kappa shape index (κ3) is 3.37. The molecular formula is C16H17N3S2. The first-order chi connectivity index (χ1) is 10.3. The van der Waals surface area contributed by atoms with Gasteiger partial charge >= 0.3 is 0 Å². The Hall–Kier alpha value is -1.56. The van der Waals surface area contributed by atoms with Crippen molar-refractivity contribution in [3.63, 3.8) is 0 Å². The summed E-state index contributed by atoms with van der Waals surface area (Å²) in [6.07, 6.45) is 0.872. The van der Waals surface area contributed by atoms with Gasteiger partial charge in [-0.15, -0.1) is 22.7 Å². The Kier molecular flexibility index (Phi) is 4.43. The lowest BCUT2D eigenvalue weighted by molar-refractivity contribution is 0.577. The highest BCUT2D eigenvalue weighted by molar-refractivity contribution is 7.10. The summed E-state index contributed by atoms with van der Waals surface area (Å²) in [5.41, 5.74) is 3.34. The summed E-state index contributed by atoms with van der Waals surface area (Å²) in [5.74, 6) is 0. The second-order valence-corrected chi connectivity index (χ2v) is 6.83. The molecule has 3 nitrogen and oxygen atoms in total. The van der Waals surface area contributed by atoms with Gasteiger partial charge in [-0.1, -0.05) is 30.3 Å². The number of aromatic nitrogens is 2. The second-order valence-electron chi connectivity index (χ2n) is 4.83. The Morgan fingerprint density at radius 3 is 2.57 bits per heavy atom. The molecule has 3 rings (SSSR count). The van der Waals surface area contributed by atoms with E-state index in [9.17, 15) is 0 Å². The van der Waals surface area contributed by atoms with E-state index in [1.54, 1.807) is 22.7 Å². The fraction of sp³-hybridized carbons (Fsp3) is 0.250. The van der Waals surface area contributed by atoms with Gasteiger partial charge in [-0.05, 0) is 14.0 Å². The second kappa shape index (κ2) is 6.47. The summed E-state index contributed by atoms with van der Waals surface area (Å²) < 4.78 is 0. The Morgan fingerprint density at radius 1 is 1.10 bits per heavy atom. The number of hydrogen-bond donors (Lipinski definition) is 1. The van der Waals surface area contributed by atoms with E-state index in [1.165, 1.54) is 5.56 Å². The van der Waals surface area contributed by atoms with Crippen molar-refractivity contribution in [2.24, 2.45) is 0 Å². The van der Waals surface area contributed by atoms with Crippen molar-refractivity contribution in [3.05, 3.63) is 56.8 Å². The van der Waals surface area contributed by atoms with Crippen LogP contribution in [0.4, 0.5) is 0 Å². The first-order valence-electron chi connectivity index (χ1n) is 6.85. The van der Waals surface area contributed by atoms with Crippen molar-refractivity contribution in [2.75, 3.05) is 7.05 Å². The van der Waals surface area contributed by atoms with Crippen LogP contribution < -0.4 is 5.32 Å². The lowest BCUT2D eigenvalue weighted by Gasteiger charge is -2.11. The highest BCUT2D eigenvalue weighted by Gasteiger charge is 2.15. The zero-order valence-corrected chi connectivity index (χ0v) is 13.7. The molecule has 1 unspecified atom stereocenters. The summed E-state index contributed by atoms with van der Waals surface area (Å²) in [6.45, 7) is 2.04. The lowest BCUT2D eigenvalue weighted by atomic mass is 10.1. The van der Waals surface area contributed by atoms with E-state index in [0.29, 0.717) is 0 Å². The minimum atomic E-state index is 0.227. The summed E-state index contributed by atoms with van der Waals surface area (Å²) in [6, 6.07) is 10.5. The normalized spacial score (nSPS) is 12.5. The van der Waals surface area contributed by atoms with Gasteiger partial charge in [0.05, 0.1) is 27.4 Å². The summed E-state index contributed by atoms with van der Waals surface area (Å²) >= 11 is 3.41. The number of hydrogen-bond acceptors (Lipinski definition) is 5. The van der Waals surface area contributed by atoms with E-state index in [1.807, 2.05) is 32.2 Å². The van der Waals surface area contributed by atoms with Crippen molar-refractivity contribution < 1.29 is 0 Å². The van der Waals surface area contributed by atoms with Crippen LogP contribution in [0, 0.1) is 6.92 Å². The molecule has 0 aliphatic carbocycles. The Balaban J connectivity index is 1.77. The fourth-order valence-electron chi connectivity index (χ4n) is 2.22. The molecule has 2 heterocycles. The molecule has 0 amide bonds. The number of rotatable bonds is 5. The Bertz CT molecular complexity index is 703. The minimum absolute atomic E-state index is 0.227. The van der Waals surface area contributed by atoms with Crippen LogP contribution in [0.25, 0.3) is 11.3 Å². The molecule has 108 valence electrons. The van der Waals surface area contributed by atoms with Crippen LogP contribution in [0.5, 0.6) is 0 Å². The molecule has 0 spiro atoms. The van der Waals surface area contributed by atoms with Gasteiger partial charge in [-0.3, -0.25) is 0 Å². The average molecular weight is 315 g/mol. The molecule has 0 aliphatic rings. The van der Waals surface area contributed by atoms with E-state index in [0.717, 1.165) is 27.8 Å². The van der Waals surface area contributed by atoms with Crippen molar-refractivity contribution in [2.45, 2.75) is 19.4 Å². The van der Waals surface area contributed by atoms with Crippen molar-refractivity contribution in [1.29, 1.82) is 0 Å². The summed E-state index contributed by atoms with van der Waals surface area (Å²) in [5, 5.41) is 9.84. The SMILES string of the molecule is CNC(Cc1nc(-c2ccccc2)cs1)c1csc(C)n1. The summed E-state index contributed by atoms with van der Waals surface area (Å²) in [7, 11) is 1.98. The quantitative estimate of drug-likeness (QED) is 0.771. The summed E-state index contributed by atoms with van der Waals surface area (Å²) in [4.78, 5) is 9.33. The maximum atomic E-state index is 4.75. The first-order valence-corrected chi connectivity index (χ1v) is 8.61. The molecule has 0 saturated heterocycles. The van der Waals surface area contributed by atoms with E-state index < -0.39 is 0 Å². The zero-order chi connectivity index (χ0) is 14.7. The molecule has 1 aromatic carbocycles. The number of thiazole rings is 2. The minimum Gasteiger partial charge on any atom is -0.311 e. The van der Waals surface area contributed by atoms with E-state index in [-0.39, 0.29) is 6.04 Å². The van der Waals surface area contributed by atoms with Crippen LogP contribution >= 0.6 is 22.7 Å². The van der Waals surface area contributed by atoms with E-state index in [4.69, 9.17) is 4.98 Å². The van der Waals surface area contributed by atoms with Crippen LogP contribution in [0.1, 0.15) is 21.8 Å². The van der Waals surface area contributed by atoms with Crippen LogP contribution in [-0.2, 0) is 6.42 Å². The molecular weight excluding hydrogens is 298 g/mol. The Labute approximate surface area is 132 Å². The van der Waals surface area contributed by atoms with Crippen molar-refractivity contribution in [3.8, 4) is 11.3 Å². The lowest BCUT2D eigenvalue weighted by Crippen LogP contribution is -2.19. The smallest absolute Gasteiger partial charge is 0.0952 e. The molecule has 0 saturated carbocycles. The van der Waals surface area contributed by atoms with Crippen LogP contribution in [0.3, 0.4) is 0 Å². The highest BCUT2D eigenvalue weighted by Crippen LogP contribution is 2.26. The van der Waals surface area contributed by atoms with Gasteiger partial charge in [0, 0.05) is 22.7 Å². The maximum absolute atomic E-state index is 4.75. The molecule has 3 aromatic rings. The molecule has 0 fully saturated rings. The number of benzene rings is 1. The monoisotopic (exact) mass is 315 g/mol. The number of aryl methyl sites for hydroxylation is 1. The number of nitrogens with zero attached hydrogens (tertiary/aromatic N) is 2. The molecule has 1 N–H and O–H groups in total. The molecule has 5 heteroatoms. The Morgan fingerprint density at radius 2 is 1.90 bits per heavy atom. The number of likely N-dealkylation sites (N-methyl/N-ethyl adjacent to an activating group) is 1. The van der Waals surface area contributed by atoms with Gasteiger partial charge in [0.15, 0.2) is 0 Å². The molecule has 0 aliphatic heterocycles. The first kappa shape index (κ1) is 14.4. The van der Waals surface area contributed by atoms with E-state index >= 15 is 0 Å². The average Bonchev–Trinajstić information content (AvgIpc) is 3.15. The molecule has 1 atom stereocenters. The third-order valence-electron chi connectivity index (χ3n) is 3.34. The van der Waals surface area contributed by atoms with Gasteiger partial charge in [-0.2, -0.15) is 0 Å². The van der Waals surface area contributed by atoms with Crippen molar-refractivity contribution >= 4 is 22.7 Å². The molecule has 21 heavy (non-hydrogen) atoms. The predicted molar refractivity (Wildman–Crippen MR) is 89.9 cm³/mol. The van der Waals surface area contributed by atoms with Crippen LogP contribution in [0.2, 0.25) is 0 Å². The van der Waals surface area contributed by atoms with Gasteiger partial charge < -0.3 is 5.32 Å². The molecule has 0 bridgehead atoms. The maximum Gasteiger partial charge on any atom is 0.0952 e. The number of nitrogens with one attached hydrogen (secondary N) is 1. The van der Waals surface area contributed by atoms with Gasteiger partial charge in [0.1, 0.15) is 0 Å². The predicted octanol–water partition coefficient (Wildman–Crippen LogP) is 4.08. The highest BCUT2D eigenvalue weighted by atomic mass is 32.1. The van der Waals surface area contributed by atoms with Gasteiger partial charge in [0.2, 0.25) is 0 Å². The largest absolute Gasteiger partial charge is 0.311 e. The van der Waals surface area contributed by atoms with Crippen LogP contribution in [-0.4, -0.2) is 17.0 Å². The zero-order valence-electron chi connectivity index (χ0n) is 12.0. The van der Waals surface area contributed by atoms with Gasteiger partial charge in [0.25, 0.3) is 0 Å². The topological polar surface area (TPSA) is 37.8 Å². The molecule has 2 aromatic heterocycles. The van der Waals surface area contributed by atoms with Crippen molar-refractivity contribution in [1.82, 2.24) is 15.3 Å².